The smallest absolute Gasteiger partial charge is 0.370 e. The lowest BCUT2D eigenvalue weighted by Crippen LogP contribution is -2.57. The highest BCUT2D eigenvalue weighted by Gasteiger charge is 2.44. The molecule has 2 aliphatic rings. The van der Waals surface area contributed by atoms with Gasteiger partial charge in [0, 0.05) is 35.9 Å². The molecule has 0 bridgehead atoms. The van der Waals surface area contributed by atoms with Gasteiger partial charge in [0.2, 0.25) is 23.6 Å². The van der Waals surface area contributed by atoms with Crippen molar-refractivity contribution < 1.29 is 43.1 Å². The van der Waals surface area contributed by atoms with E-state index in [2.05, 4.69) is 20.9 Å². The lowest BCUT2D eigenvalue weighted by molar-refractivity contribution is -0.131. The van der Waals surface area contributed by atoms with Crippen molar-refractivity contribution >= 4 is 59.2 Å². The zero-order chi connectivity index (χ0) is 37.3. The van der Waals surface area contributed by atoms with Crippen molar-refractivity contribution in [3.8, 4) is 0 Å². The van der Waals surface area contributed by atoms with Crippen LogP contribution in [0, 0.1) is 6.92 Å². The highest BCUT2D eigenvalue weighted by Crippen LogP contribution is 2.40. The maximum atomic E-state index is 14.2. The van der Waals surface area contributed by atoms with Crippen LogP contribution < -0.4 is 26.6 Å². The van der Waals surface area contributed by atoms with Gasteiger partial charge >= 0.3 is 7.60 Å². The topological polar surface area (TPSA) is 241 Å². The molecule has 0 aliphatic carbocycles. The van der Waals surface area contributed by atoms with Gasteiger partial charge in [-0.1, -0.05) is 48.0 Å². The summed E-state index contributed by atoms with van der Waals surface area (Å²) >= 11 is 0. The van der Waals surface area contributed by atoms with Gasteiger partial charge in [-0.05, 0) is 67.1 Å². The molecule has 0 spiro atoms. The Morgan fingerprint density at radius 2 is 1.75 bits per heavy atom. The molecule has 0 saturated carbocycles. The van der Waals surface area contributed by atoms with Crippen LogP contribution in [-0.4, -0.2) is 68.0 Å². The fraction of sp³-hybridized carbons (Fsp3) is 0.278. The van der Waals surface area contributed by atoms with E-state index in [9.17, 15) is 43.1 Å². The fourth-order valence-electron chi connectivity index (χ4n) is 6.61. The largest absolute Gasteiger partial charge is 0.396 e. The highest BCUT2D eigenvalue weighted by atomic mass is 31.2. The number of aryl methyl sites for hydroxylation is 2. The Morgan fingerprint density at radius 3 is 2.46 bits per heavy atom. The molecule has 8 N–H and O–H groups in total. The van der Waals surface area contributed by atoms with Crippen molar-refractivity contribution in [3.63, 3.8) is 0 Å². The molecule has 1 aromatic heterocycles. The van der Waals surface area contributed by atoms with Gasteiger partial charge in [0.1, 0.15) is 23.8 Å². The van der Waals surface area contributed by atoms with Crippen molar-refractivity contribution in [1.82, 2.24) is 20.9 Å². The quantitative estimate of drug-likeness (QED) is 0.105. The van der Waals surface area contributed by atoms with Crippen LogP contribution in [0.15, 0.2) is 66.7 Å². The third-order valence-corrected chi connectivity index (χ3v) is 10.1. The molecule has 15 nitrogen and oxygen atoms in total. The first-order chi connectivity index (χ1) is 24.7. The van der Waals surface area contributed by atoms with Crippen LogP contribution in [0.1, 0.15) is 62.4 Å². The number of primary amides is 1. The molecule has 0 saturated heterocycles. The lowest BCUT2D eigenvalue weighted by atomic mass is 10.0. The molecule has 2 aliphatic heterocycles. The summed E-state index contributed by atoms with van der Waals surface area (Å²) in [5.74, 6) is -2.95. The molecule has 4 aromatic rings. The summed E-state index contributed by atoms with van der Waals surface area (Å²) in [6.45, 7) is 2.13. The van der Waals surface area contributed by atoms with E-state index in [1.807, 2.05) is 49.4 Å². The summed E-state index contributed by atoms with van der Waals surface area (Å²) in [5.41, 5.74) is 8.30. The van der Waals surface area contributed by atoms with Crippen LogP contribution in [0.4, 0.5) is 5.69 Å². The Balaban J connectivity index is 1.20. The van der Waals surface area contributed by atoms with E-state index in [0.29, 0.717) is 23.0 Å². The number of benzene rings is 3. The lowest BCUT2D eigenvalue weighted by Gasteiger charge is -2.29. The van der Waals surface area contributed by atoms with Crippen LogP contribution >= 0.6 is 7.60 Å². The number of hydrogen-bond acceptors (Lipinski definition) is 7. The minimum Gasteiger partial charge on any atom is -0.370 e. The number of fused-ring (bicyclic) bond motifs is 1. The molecule has 0 unspecified atom stereocenters. The van der Waals surface area contributed by atoms with E-state index in [-0.39, 0.29) is 43.5 Å². The van der Waals surface area contributed by atoms with Crippen molar-refractivity contribution in [1.29, 1.82) is 0 Å². The standard InChI is InChI=1S/C36H37N6O9P/c1-19-5-7-20(8-6-19)18-38-32(44)26(13-14-30(37)43)40-34(46)29-17-22-4-2-3-21-9-12-27(35(47)42(29)31(21)22)41-33(45)28-16-24-15-23(10-11-25(24)39-28)36(48)52(49,50)51/h2-8,10-11,15-16,26-27,29,39H,9,12-14,17-18H2,1H3,(H2,37,43)(H,38,44)(H,40,46)(H,41,45)(H2,49,50,51)/t26-,27-,29-/m0/s1. The van der Waals surface area contributed by atoms with Gasteiger partial charge < -0.3 is 36.5 Å². The Labute approximate surface area is 297 Å². The summed E-state index contributed by atoms with van der Waals surface area (Å²) in [5, 5.41) is 8.65. The maximum absolute atomic E-state index is 14.2. The van der Waals surface area contributed by atoms with Gasteiger partial charge in [-0.3, -0.25) is 38.2 Å². The molecule has 6 rings (SSSR count). The second kappa shape index (κ2) is 14.5. The molecule has 3 aromatic carbocycles. The van der Waals surface area contributed by atoms with E-state index in [1.165, 1.54) is 29.2 Å². The first-order valence-corrected chi connectivity index (χ1v) is 18.2. The first-order valence-electron chi connectivity index (χ1n) is 16.6. The van der Waals surface area contributed by atoms with E-state index in [4.69, 9.17) is 5.73 Å². The summed E-state index contributed by atoms with van der Waals surface area (Å²) in [6.07, 6.45) is 0.567. The molecule has 270 valence electrons. The van der Waals surface area contributed by atoms with Gasteiger partial charge in [-0.25, -0.2) is 0 Å². The van der Waals surface area contributed by atoms with Gasteiger partial charge in [0.25, 0.3) is 11.4 Å². The average molecular weight is 729 g/mol. The van der Waals surface area contributed by atoms with Crippen LogP contribution in [0.5, 0.6) is 0 Å². The summed E-state index contributed by atoms with van der Waals surface area (Å²) < 4.78 is 11.5. The zero-order valence-corrected chi connectivity index (χ0v) is 28.9. The van der Waals surface area contributed by atoms with Crippen molar-refractivity contribution in [2.45, 2.75) is 63.7 Å². The molecular formula is C36H37N6O9P. The Hall–Kier alpha value is -5.63. The third-order valence-electron chi connectivity index (χ3n) is 9.29. The van der Waals surface area contributed by atoms with Crippen LogP contribution in [0.25, 0.3) is 10.9 Å². The number of rotatable bonds is 12. The number of amides is 5. The van der Waals surface area contributed by atoms with Gasteiger partial charge in [0.15, 0.2) is 0 Å². The number of anilines is 1. The normalized spacial score (nSPS) is 17.2. The van der Waals surface area contributed by atoms with E-state index >= 15 is 0 Å². The summed E-state index contributed by atoms with van der Waals surface area (Å²) in [7, 11) is -5.02. The first kappa shape index (κ1) is 36.2. The number of carbonyl (C=O) groups is 6. The second-order valence-electron chi connectivity index (χ2n) is 13.0. The number of aromatic amines is 1. The Morgan fingerprint density at radius 1 is 1.02 bits per heavy atom. The molecule has 52 heavy (non-hydrogen) atoms. The van der Waals surface area contributed by atoms with Crippen LogP contribution in [0.3, 0.4) is 0 Å². The number of aromatic nitrogens is 1. The molecule has 0 fully saturated rings. The van der Waals surface area contributed by atoms with Gasteiger partial charge in [-0.15, -0.1) is 0 Å². The predicted molar refractivity (Wildman–Crippen MR) is 189 cm³/mol. The van der Waals surface area contributed by atoms with Crippen molar-refractivity contribution in [2.24, 2.45) is 5.73 Å². The van der Waals surface area contributed by atoms with E-state index in [0.717, 1.165) is 22.3 Å². The number of para-hydroxylation sites is 1. The maximum Gasteiger partial charge on any atom is 0.396 e. The average Bonchev–Trinajstić information content (AvgIpc) is 3.69. The van der Waals surface area contributed by atoms with Crippen molar-refractivity contribution in [3.05, 3.63) is 100 Å². The fourth-order valence-corrected chi connectivity index (χ4v) is 7.08. The minimum atomic E-state index is -5.02. The van der Waals surface area contributed by atoms with Crippen molar-refractivity contribution in [2.75, 3.05) is 4.90 Å². The second-order valence-corrected chi connectivity index (χ2v) is 14.5. The van der Waals surface area contributed by atoms with Gasteiger partial charge in [-0.2, -0.15) is 0 Å². The highest BCUT2D eigenvalue weighted by molar-refractivity contribution is 7.70. The SMILES string of the molecule is Cc1ccc(CNC(=O)[C@H](CCC(N)=O)NC(=O)[C@@H]2Cc3cccc4c3N2C(=O)[C@@H](NC(=O)c2cc3cc(C(=O)P(=O)(O)O)ccc3[nH]2)CC4)cc1. The molecule has 16 heteroatoms. The van der Waals surface area contributed by atoms with Gasteiger partial charge in [0.05, 0.1) is 5.69 Å². The monoisotopic (exact) mass is 728 g/mol. The minimum absolute atomic E-state index is 0.0377. The molecule has 0 radical (unpaired) electrons. The summed E-state index contributed by atoms with van der Waals surface area (Å²) in [6, 6.07) is 15.1. The van der Waals surface area contributed by atoms with Crippen LogP contribution in [-0.2, 0) is 43.1 Å². The Bertz CT molecular complexity index is 2160. The van der Waals surface area contributed by atoms with E-state index < -0.39 is 60.8 Å². The Kier molecular flexibility index (Phi) is 10.1. The molecule has 3 heterocycles. The number of nitrogens with two attached hydrogens (primary N) is 1. The number of nitrogens with one attached hydrogen (secondary N) is 4. The third kappa shape index (κ3) is 7.66. The number of hydrogen-bond donors (Lipinski definition) is 7. The van der Waals surface area contributed by atoms with E-state index in [1.54, 1.807) is 0 Å². The van der Waals surface area contributed by atoms with Crippen LogP contribution in [0.2, 0.25) is 0 Å². The predicted octanol–water partition coefficient (Wildman–Crippen LogP) is 1.86. The molecular weight excluding hydrogens is 691 g/mol. The number of H-pyrrole nitrogens is 1. The number of carbonyl (C=O) groups excluding carboxylic acids is 6. The molecule has 3 atom stereocenters. The number of nitrogens with zero attached hydrogens (tertiary/aromatic N) is 1. The summed E-state index contributed by atoms with van der Waals surface area (Å²) in [4.78, 5) is 102. The zero-order valence-electron chi connectivity index (χ0n) is 28.0. The molecule has 5 amide bonds.